The van der Waals surface area contributed by atoms with Crippen LogP contribution in [-0.2, 0) is 0 Å². The number of rotatable bonds is 3. The van der Waals surface area contributed by atoms with Crippen LogP contribution in [0, 0.1) is 17.1 Å². The fourth-order valence-electron chi connectivity index (χ4n) is 2.30. The molecule has 0 fully saturated rings. The van der Waals surface area contributed by atoms with E-state index in [1.807, 2.05) is 6.07 Å². The Morgan fingerprint density at radius 1 is 1.14 bits per heavy atom. The summed E-state index contributed by atoms with van der Waals surface area (Å²) in [5.74, 6) is -2.22. The van der Waals surface area contributed by atoms with Gasteiger partial charge in [-0.25, -0.2) is 4.39 Å². The monoisotopic (exact) mass is 279 g/mol. The van der Waals surface area contributed by atoms with Crippen molar-refractivity contribution in [1.29, 1.82) is 5.26 Å². The summed E-state index contributed by atoms with van der Waals surface area (Å²) in [7, 11) is 0. The fourth-order valence-corrected chi connectivity index (χ4v) is 2.30. The third-order valence-electron chi connectivity index (χ3n) is 3.35. The minimum absolute atomic E-state index is 0.0790. The van der Waals surface area contributed by atoms with Crippen LogP contribution in [0.15, 0.2) is 59.2 Å². The summed E-state index contributed by atoms with van der Waals surface area (Å²) < 4.78 is 19.1. The van der Waals surface area contributed by atoms with Gasteiger partial charge in [-0.2, -0.15) is 5.26 Å². The van der Waals surface area contributed by atoms with E-state index in [1.165, 1.54) is 24.5 Å². The maximum Gasteiger partial charge on any atom is 0.188 e. The lowest BCUT2D eigenvalue weighted by Crippen LogP contribution is -2.12. The number of fused-ring (bicyclic) bond motifs is 1. The molecule has 1 aromatic heterocycles. The van der Waals surface area contributed by atoms with Gasteiger partial charge in [-0.1, -0.05) is 36.4 Å². The average Bonchev–Trinajstić information content (AvgIpc) is 2.93. The van der Waals surface area contributed by atoms with Crippen molar-refractivity contribution in [1.82, 2.24) is 0 Å². The molecule has 0 saturated heterocycles. The van der Waals surface area contributed by atoms with Crippen molar-refractivity contribution in [2.45, 2.75) is 5.92 Å². The van der Waals surface area contributed by atoms with Crippen molar-refractivity contribution >= 4 is 16.8 Å². The summed E-state index contributed by atoms with van der Waals surface area (Å²) in [5.41, 5.74) is 0.932. The molecule has 0 amide bonds. The number of carbonyl (C=O) groups excluding carboxylic acids is 1. The van der Waals surface area contributed by atoms with Gasteiger partial charge in [-0.3, -0.25) is 4.79 Å². The van der Waals surface area contributed by atoms with Crippen LogP contribution in [0.1, 0.15) is 21.8 Å². The van der Waals surface area contributed by atoms with Gasteiger partial charge in [0.05, 0.1) is 11.6 Å². The van der Waals surface area contributed by atoms with E-state index >= 15 is 0 Å². The highest BCUT2D eigenvalue weighted by Gasteiger charge is 2.26. The Kier molecular flexibility index (Phi) is 3.25. The number of hydrogen-bond donors (Lipinski definition) is 0. The number of ketones is 1. The number of para-hydroxylation sites is 1. The summed E-state index contributed by atoms with van der Waals surface area (Å²) in [6, 6.07) is 14.7. The van der Waals surface area contributed by atoms with Crippen LogP contribution in [0.3, 0.4) is 0 Å². The van der Waals surface area contributed by atoms with Gasteiger partial charge < -0.3 is 4.42 Å². The minimum Gasteiger partial charge on any atom is -0.464 e. The Morgan fingerprint density at radius 2 is 1.86 bits per heavy atom. The van der Waals surface area contributed by atoms with Crippen molar-refractivity contribution in [2.24, 2.45) is 0 Å². The maximum absolute atomic E-state index is 13.8. The van der Waals surface area contributed by atoms with Gasteiger partial charge in [0.25, 0.3) is 0 Å². The molecule has 2 aromatic carbocycles. The standard InChI is InChI=1S/C17H10FNO2/c18-15-7-3-1-5-11(15)13(9-19)17(20)14-10-21-16-8-4-2-6-12(14)16/h1-8,10,13H. The molecule has 0 spiro atoms. The molecule has 1 atom stereocenters. The summed E-state index contributed by atoms with van der Waals surface area (Å²) in [6.45, 7) is 0. The second-order valence-electron chi connectivity index (χ2n) is 4.59. The van der Waals surface area contributed by atoms with E-state index in [0.717, 1.165) is 0 Å². The summed E-state index contributed by atoms with van der Waals surface area (Å²) in [4.78, 5) is 12.6. The van der Waals surface area contributed by atoms with Crippen LogP contribution < -0.4 is 0 Å². The first-order valence-electron chi connectivity index (χ1n) is 6.37. The molecule has 3 aromatic rings. The lowest BCUT2D eigenvalue weighted by atomic mass is 9.91. The Morgan fingerprint density at radius 3 is 2.62 bits per heavy atom. The first kappa shape index (κ1) is 13.1. The number of Topliss-reactive ketones (excluding diaryl/α,β-unsaturated/α-hetero) is 1. The Labute approximate surface area is 120 Å². The molecule has 0 aliphatic carbocycles. The fraction of sp³-hybridized carbons (Fsp3) is 0.0588. The zero-order valence-electron chi connectivity index (χ0n) is 10.9. The van der Waals surface area contributed by atoms with Gasteiger partial charge in [-0.15, -0.1) is 0 Å². The molecule has 0 radical (unpaired) electrons. The zero-order valence-corrected chi connectivity index (χ0v) is 10.9. The molecule has 21 heavy (non-hydrogen) atoms. The minimum atomic E-state index is -1.19. The zero-order chi connectivity index (χ0) is 14.8. The van der Waals surface area contributed by atoms with Crippen LogP contribution in [0.25, 0.3) is 11.0 Å². The van der Waals surface area contributed by atoms with Gasteiger partial charge >= 0.3 is 0 Å². The lowest BCUT2D eigenvalue weighted by Gasteiger charge is -2.08. The third-order valence-corrected chi connectivity index (χ3v) is 3.35. The van der Waals surface area contributed by atoms with Crippen molar-refractivity contribution in [3.8, 4) is 6.07 Å². The summed E-state index contributed by atoms with van der Waals surface area (Å²) in [5, 5.41) is 9.90. The normalized spacial score (nSPS) is 12.0. The van der Waals surface area contributed by atoms with Crippen molar-refractivity contribution in [2.75, 3.05) is 0 Å². The SMILES string of the molecule is N#CC(C(=O)c1coc2ccccc12)c1ccccc1F. The Hall–Kier alpha value is -2.93. The highest BCUT2D eigenvalue weighted by molar-refractivity contribution is 6.11. The maximum atomic E-state index is 13.8. The number of hydrogen-bond acceptors (Lipinski definition) is 3. The number of nitriles is 1. The molecule has 0 aliphatic heterocycles. The van der Waals surface area contributed by atoms with Crippen molar-refractivity contribution in [3.05, 3.63) is 71.7 Å². The predicted molar refractivity (Wildman–Crippen MR) is 75.3 cm³/mol. The number of furan rings is 1. The molecular weight excluding hydrogens is 269 g/mol. The molecule has 0 N–H and O–H groups in total. The lowest BCUT2D eigenvalue weighted by molar-refractivity contribution is 0.0978. The van der Waals surface area contributed by atoms with E-state index in [-0.39, 0.29) is 5.56 Å². The van der Waals surface area contributed by atoms with E-state index in [0.29, 0.717) is 16.5 Å². The first-order valence-corrected chi connectivity index (χ1v) is 6.37. The number of halogens is 1. The summed E-state index contributed by atoms with van der Waals surface area (Å²) in [6.07, 6.45) is 1.32. The van der Waals surface area contributed by atoms with Crippen LogP contribution in [0.5, 0.6) is 0 Å². The molecule has 1 unspecified atom stereocenters. The Balaban J connectivity index is 2.08. The molecule has 3 rings (SSSR count). The van der Waals surface area contributed by atoms with Crippen LogP contribution in [0.2, 0.25) is 0 Å². The van der Waals surface area contributed by atoms with E-state index in [4.69, 9.17) is 4.42 Å². The molecular formula is C17H10FNO2. The van der Waals surface area contributed by atoms with Gasteiger partial charge in [0.1, 0.15) is 23.6 Å². The van der Waals surface area contributed by atoms with Crippen LogP contribution in [0.4, 0.5) is 4.39 Å². The van der Waals surface area contributed by atoms with E-state index in [2.05, 4.69) is 0 Å². The Bertz CT molecular complexity index is 860. The first-order chi connectivity index (χ1) is 10.2. The van der Waals surface area contributed by atoms with Gasteiger partial charge in [0, 0.05) is 10.9 Å². The molecule has 1 heterocycles. The molecule has 0 saturated carbocycles. The van der Waals surface area contributed by atoms with E-state index < -0.39 is 17.5 Å². The average molecular weight is 279 g/mol. The van der Waals surface area contributed by atoms with E-state index in [1.54, 1.807) is 30.3 Å². The van der Waals surface area contributed by atoms with Crippen LogP contribution in [-0.4, -0.2) is 5.78 Å². The van der Waals surface area contributed by atoms with E-state index in [9.17, 15) is 14.4 Å². The van der Waals surface area contributed by atoms with Gasteiger partial charge in [-0.05, 0) is 12.1 Å². The predicted octanol–water partition coefficient (Wildman–Crippen LogP) is 4.06. The van der Waals surface area contributed by atoms with Crippen molar-refractivity contribution < 1.29 is 13.6 Å². The number of carbonyl (C=O) groups is 1. The van der Waals surface area contributed by atoms with Gasteiger partial charge in [0.15, 0.2) is 5.78 Å². The second kappa shape index (κ2) is 5.22. The third kappa shape index (κ3) is 2.19. The molecule has 102 valence electrons. The van der Waals surface area contributed by atoms with Gasteiger partial charge in [0.2, 0.25) is 0 Å². The van der Waals surface area contributed by atoms with Crippen molar-refractivity contribution in [3.63, 3.8) is 0 Å². The topological polar surface area (TPSA) is 54.0 Å². The smallest absolute Gasteiger partial charge is 0.188 e. The largest absolute Gasteiger partial charge is 0.464 e. The second-order valence-corrected chi connectivity index (χ2v) is 4.59. The van der Waals surface area contributed by atoms with Crippen LogP contribution >= 0.6 is 0 Å². The molecule has 0 aliphatic rings. The quantitative estimate of drug-likeness (QED) is 0.679. The molecule has 4 heteroatoms. The number of benzene rings is 2. The molecule has 3 nitrogen and oxygen atoms in total. The molecule has 0 bridgehead atoms. The summed E-state index contributed by atoms with van der Waals surface area (Å²) >= 11 is 0. The number of nitrogens with zero attached hydrogens (tertiary/aromatic N) is 1. The highest BCUT2D eigenvalue weighted by atomic mass is 19.1. The highest BCUT2D eigenvalue weighted by Crippen LogP contribution is 2.28.